The molecule has 0 unspecified atom stereocenters. The van der Waals surface area contributed by atoms with E-state index in [1.54, 1.807) is 23.5 Å². The van der Waals surface area contributed by atoms with E-state index in [2.05, 4.69) is 12.2 Å². The van der Waals surface area contributed by atoms with Gasteiger partial charge in [-0.05, 0) is 90.5 Å². The minimum Gasteiger partial charge on any atom is -0.478 e. The molecular formula is C29H24F3N3O2S. The molecule has 0 radical (unpaired) electrons. The van der Waals surface area contributed by atoms with E-state index in [0.29, 0.717) is 28.5 Å². The van der Waals surface area contributed by atoms with Gasteiger partial charge in [-0.1, -0.05) is 12.1 Å². The Labute approximate surface area is 220 Å². The highest BCUT2D eigenvalue weighted by molar-refractivity contribution is 7.17. The van der Waals surface area contributed by atoms with Crippen LogP contribution in [0, 0.1) is 5.92 Å². The summed E-state index contributed by atoms with van der Waals surface area (Å²) in [6.45, 7) is 2.35. The van der Waals surface area contributed by atoms with Crippen molar-refractivity contribution in [2.75, 3.05) is 5.32 Å². The molecule has 0 spiro atoms. The van der Waals surface area contributed by atoms with E-state index in [0.717, 1.165) is 46.1 Å². The molecule has 2 heterocycles. The lowest BCUT2D eigenvalue weighted by Crippen LogP contribution is -2.18. The first kappa shape index (κ1) is 24.5. The second-order valence-corrected chi connectivity index (χ2v) is 10.8. The van der Waals surface area contributed by atoms with Gasteiger partial charge < -0.3 is 15.0 Å². The predicted octanol–water partition coefficient (Wildman–Crippen LogP) is 7.89. The van der Waals surface area contributed by atoms with Crippen molar-refractivity contribution in [3.63, 3.8) is 0 Å². The number of thiophene rings is 1. The van der Waals surface area contributed by atoms with Gasteiger partial charge in [-0.25, -0.2) is 9.78 Å². The van der Waals surface area contributed by atoms with Gasteiger partial charge in [0.25, 0.3) is 0 Å². The third kappa shape index (κ3) is 4.62. The second-order valence-electron chi connectivity index (χ2n) is 9.86. The summed E-state index contributed by atoms with van der Waals surface area (Å²) in [6.07, 6.45) is -2.18. The predicted molar refractivity (Wildman–Crippen MR) is 144 cm³/mol. The van der Waals surface area contributed by atoms with Crippen LogP contribution >= 0.6 is 11.3 Å². The van der Waals surface area contributed by atoms with Crippen molar-refractivity contribution < 1.29 is 23.1 Å². The zero-order valence-corrected chi connectivity index (χ0v) is 21.2. The quantitative estimate of drug-likeness (QED) is 0.222. The first-order chi connectivity index (χ1) is 18.2. The number of benzene rings is 3. The number of imidazole rings is 1. The van der Waals surface area contributed by atoms with E-state index in [1.165, 1.54) is 12.1 Å². The Hall–Kier alpha value is -3.85. The molecule has 5 aromatic rings. The molecule has 0 bridgehead atoms. The van der Waals surface area contributed by atoms with Crippen LogP contribution in [0.1, 0.15) is 41.3 Å². The van der Waals surface area contributed by atoms with Gasteiger partial charge in [-0.15, -0.1) is 11.3 Å². The van der Waals surface area contributed by atoms with Gasteiger partial charge >= 0.3 is 12.1 Å². The maximum atomic E-state index is 13.2. The van der Waals surface area contributed by atoms with Crippen molar-refractivity contribution >= 4 is 44.1 Å². The molecule has 38 heavy (non-hydrogen) atoms. The third-order valence-electron chi connectivity index (χ3n) is 7.13. The minimum atomic E-state index is -4.41. The maximum Gasteiger partial charge on any atom is 0.416 e. The summed E-state index contributed by atoms with van der Waals surface area (Å²) in [4.78, 5) is 16.8. The van der Waals surface area contributed by atoms with Gasteiger partial charge in [0.05, 0.1) is 27.8 Å². The molecule has 2 aromatic heterocycles. The Balaban J connectivity index is 1.54. The Bertz CT molecular complexity index is 1670. The van der Waals surface area contributed by atoms with Gasteiger partial charge in [0.15, 0.2) is 0 Å². The van der Waals surface area contributed by atoms with E-state index in [-0.39, 0.29) is 18.2 Å². The first-order valence-electron chi connectivity index (χ1n) is 12.4. The monoisotopic (exact) mass is 535 g/mol. The normalized spacial score (nSPS) is 14.7. The number of nitrogens with one attached hydrogen (secondary N) is 1. The molecule has 0 saturated heterocycles. The van der Waals surface area contributed by atoms with Gasteiger partial charge in [0.1, 0.15) is 5.82 Å². The number of hydrogen-bond acceptors (Lipinski definition) is 4. The Kier molecular flexibility index (Phi) is 5.90. The number of carbonyl (C=O) groups is 1. The maximum absolute atomic E-state index is 13.2. The first-order valence-corrected chi connectivity index (χ1v) is 13.2. The lowest BCUT2D eigenvalue weighted by atomic mass is 10.1. The van der Waals surface area contributed by atoms with Crippen LogP contribution in [0.5, 0.6) is 0 Å². The van der Waals surface area contributed by atoms with Crippen molar-refractivity contribution in [2.45, 2.75) is 38.5 Å². The van der Waals surface area contributed by atoms with E-state index < -0.39 is 17.7 Å². The zero-order valence-electron chi connectivity index (χ0n) is 20.4. The largest absolute Gasteiger partial charge is 0.478 e. The molecule has 6 rings (SSSR count). The molecule has 9 heteroatoms. The fourth-order valence-electron chi connectivity index (χ4n) is 4.92. The number of nitrogens with zero attached hydrogens (tertiary/aromatic N) is 2. The highest BCUT2D eigenvalue weighted by Crippen LogP contribution is 2.38. The summed E-state index contributed by atoms with van der Waals surface area (Å²) in [5.41, 5.74) is 2.84. The number of anilines is 1. The van der Waals surface area contributed by atoms with Crippen molar-refractivity contribution in [1.29, 1.82) is 0 Å². The van der Waals surface area contributed by atoms with E-state index in [4.69, 9.17) is 4.98 Å². The number of hydrogen-bond donors (Lipinski definition) is 2. The Morgan fingerprint density at radius 3 is 2.58 bits per heavy atom. The Morgan fingerprint density at radius 1 is 1.13 bits per heavy atom. The number of rotatable bonds is 7. The minimum absolute atomic E-state index is 0.127. The van der Waals surface area contributed by atoms with Crippen molar-refractivity contribution in [1.82, 2.24) is 9.55 Å². The lowest BCUT2D eigenvalue weighted by Gasteiger charge is -2.18. The van der Waals surface area contributed by atoms with Gasteiger partial charge in [-0.3, -0.25) is 0 Å². The highest BCUT2D eigenvalue weighted by atomic mass is 32.1. The topological polar surface area (TPSA) is 67.2 Å². The molecule has 1 fully saturated rings. The summed E-state index contributed by atoms with van der Waals surface area (Å²) in [5, 5.41) is 16.4. The highest BCUT2D eigenvalue weighted by Gasteiger charge is 2.31. The number of alkyl halides is 3. The van der Waals surface area contributed by atoms with Crippen LogP contribution in [0.4, 0.5) is 18.9 Å². The average Bonchev–Trinajstić information content (AvgIpc) is 3.52. The fraction of sp³-hybridized carbons (Fsp3) is 0.241. The molecule has 2 N–H and O–H groups in total. The van der Waals surface area contributed by atoms with Crippen molar-refractivity contribution in [3.05, 3.63) is 82.7 Å². The molecule has 1 atom stereocenters. The summed E-state index contributed by atoms with van der Waals surface area (Å²) < 4.78 is 42.6. The van der Waals surface area contributed by atoms with Crippen LogP contribution in [0.15, 0.2) is 66.0 Å². The third-order valence-corrected chi connectivity index (χ3v) is 8.03. The lowest BCUT2D eigenvalue weighted by molar-refractivity contribution is -0.137. The van der Waals surface area contributed by atoms with Gasteiger partial charge in [-0.2, -0.15) is 13.2 Å². The summed E-state index contributed by atoms with van der Waals surface area (Å²) in [6, 6.07) is 16.5. The summed E-state index contributed by atoms with van der Waals surface area (Å²) >= 11 is 1.63. The summed E-state index contributed by atoms with van der Waals surface area (Å²) in [5.74, 6) is 0.0931. The average molecular weight is 536 g/mol. The molecule has 3 aromatic carbocycles. The standard InChI is InChI=1S/C29H24F3N3O2S/c1-16(18-4-5-18)33-23-13-21(28(36)37)14-24-26(23)35(15-17-2-7-22(8-3-17)29(30,31)32)27(34-24)20-6-9-25-19(12-20)10-11-38-25/h2-3,6-14,16,18,33H,4-5,15H2,1H3,(H,36,37)/t16-/m1/s1. The van der Waals surface area contributed by atoms with E-state index >= 15 is 0 Å². The number of fused-ring (bicyclic) bond motifs is 2. The van der Waals surface area contributed by atoms with E-state index in [9.17, 15) is 23.1 Å². The number of aromatic carboxylic acids is 1. The molecule has 194 valence electrons. The van der Waals surface area contributed by atoms with E-state index in [1.807, 2.05) is 34.2 Å². The van der Waals surface area contributed by atoms with Crippen molar-refractivity contribution in [3.8, 4) is 11.4 Å². The summed E-state index contributed by atoms with van der Waals surface area (Å²) in [7, 11) is 0. The molecule has 1 aliphatic carbocycles. The van der Waals surface area contributed by atoms with Crippen LogP contribution < -0.4 is 5.32 Å². The zero-order chi connectivity index (χ0) is 26.6. The molecule has 0 amide bonds. The SMILES string of the molecule is C[C@@H](Nc1cc(C(=O)O)cc2nc(-c3ccc4sccc4c3)n(Cc3ccc(C(F)(F)F)cc3)c12)C1CC1. The molecule has 1 saturated carbocycles. The van der Waals surface area contributed by atoms with Crippen LogP contribution in [0.25, 0.3) is 32.5 Å². The molecule has 0 aliphatic heterocycles. The number of halogens is 3. The van der Waals surface area contributed by atoms with Gasteiger partial charge in [0, 0.05) is 22.8 Å². The van der Waals surface area contributed by atoms with Gasteiger partial charge in [0.2, 0.25) is 0 Å². The number of carboxylic acids is 1. The molecule has 5 nitrogen and oxygen atoms in total. The van der Waals surface area contributed by atoms with Crippen LogP contribution in [0.3, 0.4) is 0 Å². The number of aromatic nitrogens is 2. The Morgan fingerprint density at radius 2 is 1.89 bits per heavy atom. The van der Waals surface area contributed by atoms with Crippen LogP contribution in [-0.4, -0.2) is 26.7 Å². The number of carboxylic acid groups (broad SMARTS) is 1. The second kappa shape index (κ2) is 9.16. The van der Waals surface area contributed by atoms with Crippen molar-refractivity contribution in [2.24, 2.45) is 5.92 Å². The molecule has 1 aliphatic rings. The fourth-order valence-corrected chi connectivity index (χ4v) is 5.69. The van der Waals surface area contributed by atoms with Crippen LogP contribution in [-0.2, 0) is 12.7 Å². The smallest absolute Gasteiger partial charge is 0.416 e. The molecular weight excluding hydrogens is 511 g/mol. The van der Waals surface area contributed by atoms with Crippen LogP contribution in [0.2, 0.25) is 0 Å².